The maximum absolute atomic E-state index is 13.1. The number of carbonyl (C=O) groups excluding carboxylic acids is 2. The third-order valence-corrected chi connectivity index (χ3v) is 6.42. The Labute approximate surface area is 171 Å². The standard InChI is InChI=1S/C22H31BrN2O2/c1-22(2,3)24-20(26)14-25-19-12-8-7-11-16(19)17(13-18(23)21(25)27)15-9-5-4-6-10-15/h7-8,11-12,15,17-18H,4-6,9-10,13-14H2,1-3H3,(H,24,26)/t17-,18+/m1/s1. The second-order valence-electron chi connectivity index (χ2n) is 8.99. The van der Waals surface area contributed by atoms with Crippen LogP contribution in [0.15, 0.2) is 24.3 Å². The smallest absolute Gasteiger partial charge is 0.241 e. The van der Waals surface area contributed by atoms with Gasteiger partial charge >= 0.3 is 0 Å². The molecule has 2 atom stereocenters. The highest BCUT2D eigenvalue weighted by atomic mass is 79.9. The Kier molecular flexibility index (Phi) is 6.29. The van der Waals surface area contributed by atoms with Gasteiger partial charge in [-0.25, -0.2) is 0 Å². The van der Waals surface area contributed by atoms with Crippen LogP contribution in [0.4, 0.5) is 5.69 Å². The molecular formula is C22H31BrN2O2. The van der Waals surface area contributed by atoms with E-state index in [9.17, 15) is 9.59 Å². The number of carbonyl (C=O) groups is 2. The highest BCUT2D eigenvalue weighted by molar-refractivity contribution is 9.10. The molecular weight excluding hydrogens is 404 g/mol. The first-order valence-corrected chi connectivity index (χ1v) is 11.0. The van der Waals surface area contributed by atoms with Crippen molar-refractivity contribution in [2.24, 2.45) is 5.92 Å². The van der Waals surface area contributed by atoms with Crippen molar-refractivity contribution in [3.8, 4) is 0 Å². The third kappa shape index (κ3) is 4.92. The molecule has 0 aromatic heterocycles. The minimum Gasteiger partial charge on any atom is -0.350 e. The molecule has 0 unspecified atom stereocenters. The zero-order valence-corrected chi connectivity index (χ0v) is 18.2. The Morgan fingerprint density at radius 3 is 2.52 bits per heavy atom. The molecule has 0 bridgehead atoms. The number of para-hydroxylation sites is 1. The fourth-order valence-corrected chi connectivity index (χ4v) is 5.18. The predicted octanol–water partition coefficient (Wildman–Crippen LogP) is 4.77. The molecule has 3 rings (SSSR count). The number of alkyl halides is 1. The van der Waals surface area contributed by atoms with Gasteiger partial charge < -0.3 is 10.2 Å². The van der Waals surface area contributed by atoms with Crippen molar-refractivity contribution in [2.45, 2.75) is 75.6 Å². The summed E-state index contributed by atoms with van der Waals surface area (Å²) >= 11 is 3.64. The van der Waals surface area contributed by atoms with Gasteiger partial charge in [-0.15, -0.1) is 0 Å². The maximum atomic E-state index is 13.1. The SMILES string of the molecule is CC(C)(C)NC(=O)CN1C(=O)[C@@H](Br)C[C@H](C2CCCCC2)c2ccccc21. The number of fused-ring (bicyclic) bond motifs is 1. The number of nitrogens with one attached hydrogen (secondary N) is 1. The summed E-state index contributed by atoms with van der Waals surface area (Å²) in [6.07, 6.45) is 7.15. The molecule has 1 aliphatic carbocycles. The Balaban J connectivity index is 1.92. The number of rotatable bonds is 3. The highest BCUT2D eigenvalue weighted by Gasteiger charge is 2.38. The number of anilines is 1. The largest absolute Gasteiger partial charge is 0.350 e. The van der Waals surface area contributed by atoms with Crippen molar-refractivity contribution in [3.63, 3.8) is 0 Å². The second kappa shape index (κ2) is 8.34. The molecule has 27 heavy (non-hydrogen) atoms. The summed E-state index contributed by atoms with van der Waals surface area (Å²) in [5.41, 5.74) is 1.82. The minimum atomic E-state index is -0.316. The zero-order valence-electron chi connectivity index (χ0n) is 16.6. The van der Waals surface area contributed by atoms with E-state index in [1.54, 1.807) is 4.90 Å². The molecule has 1 aliphatic heterocycles. The molecule has 2 aliphatic rings. The van der Waals surface area contributed by atoms with Gasteiger partial charge in [-0.05, 0) is 63.5 Å². The molecule has 1 fully saturated rings. The topological polar surface area (TPSA) is 49.4 Å². The van der Waals surface area contributed by atoms with E-state index in [2.05, 4.69) is 33.4 Å². The average Bonchev–Trinajstić information content (AvgIpc) is 2.72. The van der Waals surface area contributed by atoms with Crippen molar-refractivity contribution in [2.75, 3.05) is 11.4 Å². The Morgan fingerprint density at radius 2 is 1.85 bits per heavy atom. The molecule has 2 amide bonds. The molecule has 1 saturated carbocycles. The van der Waals surface area contributed by atoms with Crippen LogP contribution in [0.1, 0.15) is 70.8 Å². The summed E-state index contributed by atoms with van der Waals surface area (Å²) in [5.74, 6) is 0.855. The number of halogens is 1. The Morgan fingerprint density at radius 1 is 1.19 bits per heavy atom. The quantitative estimate of drug-likeness (QED) is 0.696. The fraction of sp³-hybridized carbons (Fsp3) is 0.636. The Bertz CT molecular complexity index is 692. The van der Waals surface area contributed by atoms with Crippen LogP contribution in [-0.2, 0) is 9.59 Å². The third-order valence-electron chi connectivity index (χ3n) is 5.66. The normalized spacial score (nSPS) is 24.3. The number of nitrogens with zero attached hydrogens (tertiary/aromatic N) is 1. The molecule has 1 aromatic rings. The summed E-state index contributed by atoms with van der Waals surface area (Å²) in [6.45, 7) is 5.92. The van der Waals surface area contributed by atoms with Crippen LogP contribution < -0.4 is 10.2 Å². The van der Waals surface area contributed by atoms with Gasteiger partial charge in [-0.3, -0.25) is 9.59 Å². The Hall–Kier alpha value is -1.36. The van der Waals surface area contributed by atoms with E-state index in [1.807, 2.05) is 32.9 Å². The number of benzene rings is 1. The van der Waals surface area contributed by atoms with Crippen LogP contribution in [0.25, 0.3) is 0 Å². The van der Waals surface area contributed by atoms with Crippen LogP contribution in [0.3, 0.4) is 0 Å². The molecule has 0 radical (unpaired) electrons. The first-order chi connectivity index (χ1) is 12.8. The molecule has 1 aromatic carbocycles. The van der Waals surface area contributed by atoms with Gasteiger partial charge in [0.2, 0.25) is 11.8 Å². The average molecular weight is 435 g/mol. The highest BCUT2D eigenvalue weighted by Crippen LogP contribution is 2.45. The van der Waals surface area contributed by atoms with E-state index in [1.165, 1.54) is 37.7 Å². The van der Waals surface area contributed by atoms with E-state index in [-0.39, 0.29) is 28.7 Å². The first kappa shape index (κ1) is 20.4. The molecule has 5 heteroatoms. The van der Waals surface area contributed by atoms with Gasteiger partial charge in [0.05, 0.1) is 4.83 Å². The second-order valence-corrected chi connectivity index (χ2v) is 10.1. The molecule has 4 nitrogen and oxygen atoms in total. The van der Waals surface area contributed by atoms with Crippen LogP contribution >= 0.6 is 15.9 Å². The number of hydrogen-bond acceptors (Lipinski definition) is 2. The maximum Gasteiger partial charge on any atom is 0.241 e. The minimum absolute atomic E-state index is 0.00943. The van der Waals surface area contributed by atoms with Crippen LogP contribution in [0.5, 0.6) is 0 Å². The molecule has 0 spiro atoms. The van der Waals surface area contributed by atoms with E-state index >= 15 is 0 Å². The summed E-state index contributed by atoms with van der Waals surface area (Å²) in [7, 11) is 0. The molecule has 1 heterocycles. The lowest BCUT2D eigenvalue weighted by Gasteiger charge is -2.31. The fourth-order valence-electron chi connectivity index (χ4n) is 4.53. The monoisotopic (exact) mass is 434 g/mol. The van der Waals surface area contributed by atoms with Gasteiger partial charge in [-0.2, -0.15) is 0 Å². The zero-order chi connectivity index (χ0) is 19.6. The number of hydrogen-bond donors (Lipinski definition) is 1. The van der Waals surface area contributed by atoms with Gasteiger partial charge in [0.25, 0.3) is 0 Å². The summed E-state index contributed by atoms with van der Waals surface area (Å²) in [6, 6.07) is 8.18. The van der Waals surface area contributed by atoms with Gasteiger partial charge in [-0.1, -0.05) is 53.4 Å². The predicted molar refractivity (Wildman–Crippen MR) is 113 cm³/mol. The molecule has 0 saturated heterocycles. The van der Waals surface area contributed by atoms with Crippen molar-refractivity contribution in [3.05, 3.63) is 29.8 Å². The van der Waals surface area contributed by atoms with E-state index < -0.39 is 0 Å². The van der Waals surface area contributed by atoms with Crippen LogP contribution in [0.2, 0.25) is 0 Å². The summed E-state index contributed by atoms with van der Waals surface area (Å²) in [5, 5.41) is 2.98. The lowest BCUT2D eigenvalue weighted by Crippen LogP contribution is -2.48. The summed E-state index contributed by atoms with van der Waals surface area (Å²) in [4.78, 5) is 27.1. The van der Waals surface area contributed by atoms with Crippen molar-refractivity contribution in [1.82, 2.24) is 5.32 Å². The van der Waals surface area contributed by atoms with Gasteiger partial charge in [0, 0.05) is 11.2 Å². The lowest BCUT2D eigenvalue weighted by molar-refractivity contribution is -0.124. The van der Waals surface area contributed by atoms with Crippen LogP contribution in [-0.4, -0.2) is 28.7 Å². The molecule has 1 N–H and O–H groups in total. The van der Waals surface area contributed by atoms with E-state index in [0.29, 0.717) is 11.8 Å². The first-order valence-electron chi connectivity index (χ1n) is 10.1. The van der Waals surface area contributed by atoms with Crippen molar-refractivity contribution >= 4 is 33.4 Å². The summed E-state index contributed by atoms with van der Waals surface area (Å²) < 4.78 is 0. The van der Waals surface area contributed by atoms with Crippen molar-refractivity contribution < 1.29 is 9.59 Å². The van der Waals surface area contributed by atoms with Gasteiger partial charge in [0.15, 0.2) is 0 Å². The van der Waals surface area contributed by atoms with E-state index in [0.717, 1.165) is 12.1 Å². The van der Waals surface area contributed by atoms with E-state index in [4.69, 9.17) is 0 Å². The lowest BCUT2D eigenvalue weighted by atomic mass is 9.75. The van der Waals surface area contributed by atoms with Gasteiger partial charge in [0.1, 0.15) is 6.54 Å². The molecule has 148 valence electrons. The number of amides is 2. The van der Waals surface area contributed by atoms with Crippen LogP contribution in [0, 0.1) is 5.92 Å². The van der Waals surface area contributed by atoms with Crippen molar-refractivity contribution in [1.29, 1.82) is 0 Å².